The molecule has 0 fully saturated rings. The quantitative estimate of drug-likeness (QED) is 0.591. The smallest absolute Gasteiger partial charge is 0.321 e. The monoisotopic (exact) mass is 308 g/mol. The molecule has 0 saturated heterocycles. The van der Waals surface area contributed by atoms with Gasteiger partial charge in [-0.15, -0.1) is 0 Å². The minimum absolute atomic E-state index is 0.176. The van der Waals surface area contributed by atoms with Crippen molar-refractivity contribution in [3.8, 4) is 6.07 Å². The molecule has 1 aromatic carbocycles. The van der Waals surface area contributed by atoms with Gasteiger partial charge in [0.25, 0.3) is 0 Å². The van der Waals surface area contributed by atoms with Crippen molar-refractivity contribution in [1.29, 1.82) is 5.26 Å². The molecular weight excluding hydrogens is 292 g/mol. The van der Waals surface area contributed by atoms with Crippen LogP contribution in [0.1, 0.15) is 0 Å². The molecular formula is C13H16N4O3S. The van der Waals surface area contributed by atoms with Crippen molar-refractivity contribution in [3.05, 3.63) is 30.3 Å². The summed E-state index contributed by atoms with van der Waals surface area (Å²) in [6, 6.07) is 8.58. The number of anilines is 1. The summed E-state index contributed by atoms with van der Waals surface area (Å²) < 4.78 is 0. The Bertz CT molecular complexity index is 518. The number of urea groups is 1. The van der Waals surface area contributed by atoms with Crippen molar-refractivity contribution in [2.45, 2.75) is 12.1 Å². The zero-order valence-corrected chi connectivity index (χ0v) is 12.0. The van der Waals surface area contributed by atoms with Crippen LogP contribution in [0.15, 0.2) is 30.3 Å². The molecule has 1 unspecified atom stereocenters. The van der Waals surface area contributed by atoms with Crippen molar-refractivity contribution >= 4 is 29.4 Å². The topological polar surface area (TPSA) is 128 Å². The number of carbonyl (C=O) groups is 2. The number of hydrogen-bond acceptors (Lipinski definition) is 5. The average Bonchev–Trinajstić information content (AvgIpc) is 2.46. The van der Waals surface area contributed by atoms with Crippen LogP contribution in [-0.2, 0) is 4.79 Å². The van der Waals surface area contributed by atoms with Crippen LogP contribution in [0.2, 0.25) is 0 Å². The number of amides is 2. The predicted octanol–water partition coefficient (Wildman–Crippen LogP) is 0.845. The van der Waals surface area contributed by atoms with E-state index in [-0.39, 0.29) is 11.5 Å². The number of hydrogen-bond donors (Lipinski definition) is 4. The fraction of sp³-hybridized carbons (Fsp3) is 0.308. The third kappa shape index (κ3) is 6.65. The second kappa shape index (κ2) is 8.84. The number of rotatable bonds is 7. The summed E-state index contributed by atoms with van der Waals surface area (Å²) in [7, 11) is 0. The number of carboxylic acid groups (broad SMARTS) is 1. The van der Waals surface area contributed by atoms with E-state index in [2.05, 4.69) is 10.6 Å². The molecule has 1 rings (SSSR count). The zero-order valence-electron chi connectivity index (χ0n) is 11.2. The van der Waals surface area contributed by atoms with E-state index in [4.69, 9.17) is 16.1 Å². The van der Waals surface area contributed by atoms with E-state index in [1.54, 1.807) is 24.3 Å². The molecule has 7 nitrogen and oxygen atoms in total. The van der Waals surface area contributed by atoms with Crippen LogP contribution in [0.4, 0.5) is 10.5 Å². The summed E-state index contributed by atoms with van der Waals surface area (Å²) in [6.07, 6.45) is 0. The first kappa shape index (κ1) is 16.8. The number of carboxylic acids is 1. The Morgan fingerprint density at radius 3 is 2.57 bits per heavy atom. The van der Waals surface area contributed by atoms with Crippen LogP contribution in [0, 0.1) is 11.3 Å². The van der Waals surface area contributed by atoms with Gasteiger partial charge < -0.3 is 21.5 Å². The molecule has 0 aliphatic rings. The molecule has 0 heterocycles. The standard InChI is InChI=1S/C13H16N4O3S/c14-6-10(7-21-8-11(15)12(18)19)17-13(20)16-9-4-2-1-3-5-9/h1-5,10-11H,7-8,15H2,(H,18,19)(H2,16,17,20)/t10?,11-/m0/s1. The van der Waals surface area contributed by atoms with Crippen molar-refractivity contribution < 1.29 is 14.7 Å². The number of nitriles is 1. The number of nitrogens with zero attached hydrogens (tertiary/aromatic N) is 1. The van der Waals surface area contributed by atoms with Crippen LogP contribution in [0.5, 0.6) is 0 Å². The molecule has 0 spiro atoms. The van der Waals surface area contributed by atoms with Gasteiger partial charge in [-0.25, -0.2) is 4.79 Å². The molecule has 0 aromatic heterocycles. The van der Waals surface area contributed by atoms with Gasteiger partial charge in [0, 0.05) is 17.2 Å². The SMILES string of the molecule is N#CC(CSC[C@H](N)C(=O)O)NC(=O)Nc1ccccc1. The van der Waals surface area contributed by atoms with E-state index in [1.165, 1.54) is 11.8 Å². The number of aliphatic carboxylic acids is 1. The highest BCUT2D eigenvalue weighted by Crippen LogP contribution is 2.07. The average molecular weight is 308 g/mol. The van der Waals surface area contributed by atoms with Gasteiger partial charge in [0.1, 0.15) is 12.1 Å². The first-order valence-corrected chi connectivity index (χ1v) is 7.26. The highest BCUT2D eigenvalue weighted by molar-refractivity contribution is 7.99. The van der Waals surface area contributed by atoms with Gasteiger partial charge in [0.2, 0.25) is 0 Å². The molecule has 21 heavy (non-hydrogen) atoms. The maximum absolute atomic E-state index is 11.7. The van der Waals surface area contributed by atoms with Crippen molar-refractivity contribution in [2.75, 3.05) is 16.8 Å². The molecule has 0 saturated carbocycles. The fourth-order valence-electron chi connectivity index (χ4n) is 1.34. The molecule has 8 heteroatoms. The van der Waals surface area contributed by atoms with E-state index in [0.717, 1.165) is 0 Å². The lowest BCUT2D eigenvalue weighted by Crippen LogP contribution is -2.39. The number of nitrogens with one attached hydrogen (secondary N) is 2. The number of nitrogens with two attached hydrogens (primary N) is 1. The van der Waals surface area contributed by atoms with E-state index >= 15 is 0 Å². The van der Waals surface area contributed by atoms with Gasteiger partial charge in [-0.2, -0.15) is 17.0 Å². The van der Waals surface area contributed by atoms with E-state index in [1.807, 2.05) is 12.1 Å². The third-order valence-corrected chi connectivity index (χ3v) is 3.56. The lowest BCUT2D eigenvalue weighted by atomic mass is 10.3. The minimum Gasteiger partial charge on any atom is -0.480 e. The zero-order chi connectivity index (χ0) is 15.7. The fourth-order valence-corrected chi connectivity index (χ4v) is 2.27. The predicted molar refractivity (Wildman–Crippen MR) is 80.9 cm³/mol. The lowest BCUT2D eigenvalue weighted by molar-refractivity contribution is -0.137. The molecule has 112 valence electrons. The van der Waals surface area contributed by atoms with Crippen LogP contribution < -0.4 is 16.4 Å². The van der Waals surface area contributed by atoms with Gasteiger partial charge in [-0.1, -0.05) is 18.2 Å². The van der Waals surface area contributed by atoms with Crippen LogP contribution >= 0.6 is 11.8 Å². The third-order valence-electron chi connectivity index (χ3n) is 2.39. The molecule has 0 radical (unpaired) electrons. The number of thioether (sulfide) groups is 1. The maximum atomic E-state index is 11.7. The summed E-state index contributed by atoms with van der Waals surface area (Å²) in [6.45, 7) is 0. The maximum Gasteiger partial charge on any atom is 0.321 e. The molecule has 0 aliphatic heterocycles. The summed E-state index contributed by atoms with van der Waals surface area (Å²) in [5.74, 6) is -0.652. The number of para-hydroxylation sites is 1. The Balaban J connectivity index is 2.35. The number of carbonyl (C=O) groups excluding carboxylic acids is 1. The van der Waals surface area contributed by atoms with E-state index < -0.39 is 24.1 Å². The largest absolute Gasteiger partial charge is 0.480 e. The second-order valence-electron chi connectivity index (χ2n) is 4.13. The summed E-state index contributed by atoms with van der Waals surface area (Å²) in [5, 5.41) is 22.7. The summed E-state index contributed by atoms with van der Waals surface area (Å²) in [5.41, 5.74) is 5.96. The van der Waals surface area contributed by atoms with Crippen molar-refractivity contribution in [3.63, 3.8) is 0 Å². The lowest BCUT2D eigenvalue weighted by Gasteiger charge is -2.13. The Labute approximate surface area is 126 Å². The molecule has 0 aliphatic carbocycles. The summed E-state index contributed by atoms with van der Waals surface area (Å²) in [4.78, 5) is 22.2. The Morgan fingerprint density at radius 1 is 1.33 bits per heavy atom. The highest BCUT2D eigenvalue weighted by Gasteiger charge is 2.15. The Hall–Kier alpha value is -2.24. The summed E-state index contributed by atoms with van der Waals surface area (Å²) >= 11 is 1.20. The van der Waals surface area contributed by atoms with Gasteiger partial charge in [0.15, 0.2) is 0 Å². The molecule has 2 atom stereocenters. The van der Waals surface area contributed by atoms with Crippen molar-refractivity contribution in [2.24, 2.45) is 5.73 Å². The second-order valence-corrected chi connectivity index (χ2v) is 5.20. The molecule has 0 bridgehead atoms. The van der Waals surface area contributed by atoms with Crippen LogP contribution in [0.3, 0.4) is 0 Å². The van der Waals surface area contributed by atoms with Gasteiger partial charge in [0.05, 0.1) is 6.07 Å². The normalized spacial score (nSPS) is 12.8. The molecule has 2 amide bonds. The number of benzene rings is 1. The Kier molecular flexibility index (Phi) is 7.08. The Morgan fingerprint density at radius 2 is 2.00 bits per heavy atom. The first-order valence-electron chi connectivity index (χ1n) is 6.11. The van der Waals surface area contributed by atoms with Gasteiger partial charge in [-0.05, 0) is 12.1 Å². The van der Waals surface area contributed by atoms with Gasteiger partial charge in [-0.3, -0.25) is 4.79 Å². The van der Waals surface area contributed by atoms with Gasteiger partial charge >= 0.3 is 12.0 Å². The van der Waals surface area contributed by atoms with Crippen molar-refractivity contribution in [1.82, 2.24) is 5.32 Å². The van der Waals surface area contributed by atoms with E-state index in [0.29, 0.717) is 5.69 Å². The van der Waals surface area contributed by atoms with Crippen LogP contribution in [-0.4, -0.2) is 40.7 Å². The van der Waals surface area contributed by atoms with Crippen LogP contribution in [0.25, 0.3) is 0 Å². The first-order chi connectivity index (χ1) is 10.0. The van der Waals surface area contributed by atoms with E-state index in [9.17, 15) is 9.59 Å². The highest BCUT2D eigenvalue weighted by atomic mass is 32.2. The minimum atomic E-state index is -1.09. The molecule has 5 N–H and O–H groups in total. The molecule has 1 aromatic rings.